The second-order valence-corrected chi connectivity index (χ2v) is 5.54. The molecule has 1 saturated carbocycles. The molecule has 0 bridgehead atoms. The molecule has 0 radical (unpaired) electrons. The molecular weight excluding hydrogens is 214 g/mol. The predicted octanol–water partition coefficient (Wildman–Crippen LogP) is 2.50. The van der Waals surface area contributed by atoms with E-state index in [1.165, 1.54) is 19.3 Å². The maximum atomic E-state index is 12.0. The Morgan fingerprint density at radius 1 is 1.29 bits per heavy atom. The SMILES string of the molecule is CCC1CCCC(OC(=O)[C@@H]2CCCNC2)C1. The molecule has 3 heteroatoms. The van der Waals surface area contributed by atoms with Crippen molar-refractivity contribution in [2.75, 3.05) is 13.1 Å². The quantitative estimate of drug-likeness (QED) is 0.769. The summed E-state index contributed by atoms with van der Waals surface area (Å²) in [5.41, 5.74) is 0. The average molecular weight is 239 g/mol. The summed E-state index contributed by atoms with van der Waals surface area (Å²) in [6.45, 7) is 4.09. The maximum absolute atomic E-state index is 12.0. The molecule has 2 rings (SSSR count). The lowest BCUT2D eigenvalue weighted by Gasteiger charge is -2.30. The number of carbonyl (C=O) groups excluding carboxylic acids is 1. The summed E-state index contributed by atoms with van der Waals surface area (Å²) in [6, 6.07) is 0. The van der Waals surface area contributed by atoms with Gasteiger partial charge in [0, 0.05) is 6.54 Å². The van der Waals surface area contributed by atoms with Crippen LogP contribution in [0.4, 0.5) is 0 Å². The third kappa shape index (κ3) is 3.70. The van der Waals surface area contributed by atoms with Gasteiger partial charge in [-0.2, -0.15) is 0 Å². The van der Waals surface area contributed by atoms with Gasteiger partial charge in [-0.1, -0.05) is 19.8 Å². The molecule has 17 heavy (non-hydrogen) atoms. The second-order valence-electron chi connectivity index (χ2n) is 5.54. The zero-order valence-electron chi connectivity index (χ0n) is 10.9. The number of hydrogen-bond acceptors (Lipinski definition) is 3. The minimum atomic E-state index is 0.0407. The lowest BCUT2D eigenvalue weighted by Crippen LogP contribution is -2.37. The Morgan fingerprint density at radius 2 is 2.18 bits per heavy atom. The smallest absolute Gasteiger partial charge is 0.310 e. The normalized spacial score (nSPS) is 34.3. The van der Waals surface area contributed by atoms with Gasteiger partial charge in [-0.25, -0.2) is 0 Å². The topological polar surface area (TPSA) is 38.3 Å². The Balaban J connectivity index is 1.77. The van der Waals surface area contributed by atoms with E-state index in [1.54, 1.807) is 0 Å². The number of carbonyl (C=O) groups is 1. The summed E-state index contributed by atoms with van der Waals surface area (Å²) in [6.07, 6.45) is 8.21. The highest BCUT2D eigenvalue weighted by Crippen LogP contribution is 2.29. The molecule has 0 spiro atoms. The van der Waals surface area contributed by atoms with Crippen LogP contribution >= 0.6 is 0 Å². The molecule has 0 aromatic carbocycles. The summed E-state index contributed by atoms with van der Waals surface area (Å²) in [5.74, 6) is 0.913. The minimum absolute atomic E-state index is 0.0407. The van der Waals surface area contributed by atoms with Crippen molar-refractivity contribution >= 4 is 5.97 Å². The zero-order valence-corrected chi connectivity index (χ0v) is 10.9. The van der Waals surface area contributed by atoms with Crippen LogP contribution < -0.4 is 5.32 Å². The standard InChI is InChI=1S/C14H25NO2/c1-2-11-5-3-7-13(9-11)17-14(16)12-6-4-8-15-10-12/h11-13,15H,2-10H2,1H3/t11?,12-,13?/m1/s1. The molecular formula is C14H25NO2. The summed E-state index contributed by atoms with van der Waals surface area (Å²) >= 11 is 0. The first kappa shape index (κ1) is 12.9. The summed E-state index contributed by atoms with van der Waals surface area (Å²) in [4.78, 5) is 12.0. The Bertz CT molecular complexity index is 249. The van der Waals surface area contributed by atoms with Crippen LogP contribution in [0.5, 0.6) is 0 Å². The van der Waals surface area contributed by atoms with Crippen LogP contribution in [0.3, 0.4) is 0 Å². The molecule has 2 fully saturated rings. The summed E-state index contributed by atoms with van der Waals surface area (Å²) in [5, 5.41) is 3.27. The summed E-state index contributed by atoms with van der Waals surface area (Å²) in [7, 11) is 0. The highest BCUT2D eigenvalue weighted by atomic mass is 16.5. The fraction of sp³-hybridized carbons (Fsp3) is 0.929. The number of esters is 1. The van der Waals surface area contributed by atoms with E-state index in [4.69, 9.17) is 4.74 Å². The average Bonchev–Trinajstić information content (AvgIpc) is 2.40. The lowest BCUT2D eigenvalue weighted by atomic mass is 9.85. The van der Waals surface area contributed by atoms with Crippen molar-refractivity contribution in [3.8, 4) is 0 Å². The molecule has 98 valence electrons. The van der Waals surface area contributed by atoms with Crippen molar-refractivity contribution in [1.29, 1.82) is 0 Å². The molecule has 1 aliphatic heterocycles. The fourth-order valence-corrected chi connectivity index (χ4v) is 3.03. The Morgan fingerprint density at radius 3 is 2.88 bits per heavy atom. The second kappa shape index (κ2) is 6.39. The molecule has 2 aliphatic rings. The third-order valence-corrected chi connectivity index (χ3v) is 4.23. The van der Waals surface area contributed by atoms with Crippen molar-refractivity contribution in [3.63, 3.8) is 0 Å². The molecule has 0 aromatic heterocycles. The first-order valence-electron chi connectivity index (χ1n) is 7.20. The highest BCUT2D eigenvalue weighted by molar-refractivity contribution is 5.73. The van der Waals surface area contributed by atoms with E-state index in [0.717, 1.165) is 44.7 Å². The summed E-state index contributed by atoms with van der Waals surface area (Å²) < 4.78 is 5.68. The number of piperidine rings is 1. The zero-order chi connectivity index (χ0) is 12.1. The van der Waals surface area contributed by atoms with Crippen LogP contribution in [-0.4, -0.2) is 25.2 Å². The molecule has 1 aliphatic carbocycles. The van der Waals surface area contributed by atoms with Crippen LogP contribution in [-0.2, 0) is 9.53 Å². The Labute approximate surface area is 104 Å². The van der Waals surface area contributed by atoms with Gasteiger partial charge in [0.1, 0.15) is 6.10 Å². The molecule has 3 atom stereocenters. The van der Waals surface area contributed by atoms with Crippen molar-refractivity contribution in [2.24, 2.45) is 11.8 Å². The maximum Gasteiger partial charge on any atom is 0.310 e. The first-order chi connectivity index (χ1) is 8.29. The van der Waals surface area contributed by atoms with Crippen LogP contribution in [0.15, 0.2) is 0 Å². The number of nitrogens with one attached hydrogen (secondary N) is 1. The van der Waals surface area contributed by atoms with E-state index in [0.29, 0.717) is 0 Å². The van der Waals surface area contributed by atoms with Crippen molar-refractivity contribution in [3.05, 3.63) is 0 Å². The van der Waals surface area contributed by atoms with Gasteiger partial charge in [0.25, 0.3) is 0 Å². The predicted molar refractivity (Wildman–Crippen MR) is 67.7 cm³/mol. The Hall–Kier alpha value is -0.570. The first-order valence-corrected chi connectivity index (χ1v) is 7.20. The van der Waals surface area contributed by atoms with Gasteiger partial charge in [0.2, 0.25) is 0 Å². The number of rotatable bonds is 3. The molecule has 1 saturated heterocycles. The van der Waals surface area contributed by atoms with E-state index in [2.05, 4.69) is 12.2 Å². The van der Waals surface area contributed by atoms with Gasteiger partial charge in [-0.3, -0.25) is 4.79 Å². The van der Waals surface area contributed by atoms with Gasteiger partial charge >= 0.3 is 5.97 Å². The minimum Gasteiger partial charge on any atom is -0.462 e. The molecule has 1 heterocycles. The molecule has 0 amide bonds. The van der Waals surface area contributed by atoms with E-state index < -0.39 is 0 Å². The van der Waals surface area contributed by atoms with Gasteiger partial charge in [-0.05, 0) is 44.6 Å². The number of ether oxygens (including phenoxy) is 1. The lowest BCUT2D eigenvalue weighted by molar-refractivity contribution is -0.156. The molecule has 0 aromatic rings. The van der Waals surface area contributed by atoms with Crippen molar-refractivity contribution in [1.82, 2.24) is 5.32 Å². The van der Waals surface area contributed by atoms with Crippen LogP contribution in [0.1, 0.15) is 51.9 Å². The van der Waals surface area contributed by atoms with E-state index in [9.17, 15) is 4.79 Å². The fourth-order valence-electron chi connectivity index (χ4n) is 3.03. The monoisotopic (exact) mass is 239 g/mol. The van der Waals surface area contributed by atoms with Crippen LogP contribution in [0, 0.1) is 11.8 Å². The van der Waals surface area contributed by atoms with E-state index in [1.807, 2.05) is 0 Å². The van der Waals surface area contributed by atoms with Crippen molar-refractivity contribution in [2.45, 2.75) is 58.0 Å². The van der Waals surface area contributed by atoms with Gasteiger partial charge in [0.05, 0.1) is 5.92 Å². The van der Waals surface area contributed by atoms with E-state index >= 15 is 0 Å². The third-order valence-electron chi connectivity index (χ3n) is 4.23. The van der Waals surface area contributed by atoms with Gasteiger partial charge in [-0.15, -0.1) is 0 Å². The van der Waals surface area contributed by atoms with Crippen molar-refractivity contribution < 1.29 is 9.53 Å². The van der Waals surface area contributed by atoms with Gasteiger partial charge in [0.15, 0.2) is 0 Å². The largest absolute Gasteiger partial charge is 0.462 e. The molecule has 3 nitrogen and oxygen atoms in total. The molecule has 1 N–H and O–H groups in total. The number of hydrogen-bond donors (Lipinski definition) is 1. The highest BCUT2D eigenvalue weighted by Gasteiger charge is 2.28. The van der Waals surface area contributed by atoms with Crippen LogP contribution in [0.25, 0.3) is 0 Å². The Kier molecular flexibility index (Phi) is 4.84. The molecule has 2 unspecified atom stereocenters. The van der Waals surface area contributed by atoms with Gasteiger partial charge < -0.3 is 10.1 Å². The van der Waals surface area contributed by atoms with E-state index in [-0.39, 0.29) is 18.0 Å². The van der Waals surface area contributed by atoms with Crippen LogP contribution in [0.2, 0.25) is 0 Å².